The van der Waals surface area contributed by atoms with Crippen molar-refractivity contribution >= 4 is 23.0 Å². The van der Waals surface area contributed by atoms with Gasteiger partial charge in [0.15, 0.2) is 0 Å². The number of aromatic nitrogens is 6. The van der Waals surface area contributed by atoms with Crippen molar-refractivity contribution < 1.29 is 14.6 Å². The van der Waals surface area contributed by atoms with E-state index in [0.29, 0.717) is 24.8 Å². The molecule has 0 spiro atoms. The zero-order valence-corrected chi connectivity index (χ0v) is 30.7. The zero-order valence-electron chi connectivity index (χ0n) is 29.9. The fraction of sp³-hybridized carbons (Fsp3) is 0.421. The number of ether oxygens (including phenoxy) is 2. The Morgan fingerprint density at radius 3 is 2.18 bits per heavy atom. The van der Waals surface area contributed by atoms with Crippen LogP contribution in [0.15, 0.2) is 84.2 Å². The van der Waals surface area contributed by atoms with Crippen LogP contribution in [-0.2, 0) is 16.9 Å². The van der Waals surface area contributed by atoms with Gasteiger partial charge in [0.25, 0.3) is 0 Å². The Morgan fingerprint density at radius 2 is 1.53 bits per heavy atom. The SMILES string of the molecule is CCC(C)n1ncn(-c2ccc(N3CCN(c4ccc(OCC(C)COC(C)(Cn5nccn5)c5ccc(O)cc5Cl)c(C)c4)CC3)cc2)c1=O. The highest BCUT2D eigenvalue weighted by Gasteiger charge is 2.32. The number of rotatable bonds is 14. The van der Waals surface area contributed by atoms with E-state index in [1.807, 2.05) is 26.0 Å². The highest BCUT2D eigenvalue weighted by atomic mass is 35.5. The van der Waals surface area contributed by atoms with Crippen molar-refractivity contribution in [3.8, 4) is 17.2 Å². The van der Waals surface area contributed by atoms with Gasteiger partial charge in [-0.25, -0.2) is 14.0 Å². The molecule has 51 heavy (non-hydrogen) atoms. The topological polar surface area (TPSA) is 116 Å². The lowest BCUT2D eigenvalue weighted by molar-refractivity contribution is -0.0706. The number of aryl methyl sites for hydroxylation is 1. The van der Waals surface area contributed by atoms with Crippen molar-refractivity contribution in [3.05, 3.63) is 106 Å². The molecule has 3 aromatic carbocycles. The van der Waals surface area contributed by atoms with E-state index in [-0.39, 0.29) is 23.4 Å². The maximum atomic E-state index is 12.8. The molecule has 1 N–H and O–H groups in total. The van der Waals surface area contributed by atoms with Crippen LogP contribution in [0, 0.1) is 12.8 Å². The Balaban J connectivity index is 1.01. The molecule has 1 aliphatic rings. The predicted octanol–water partition coefficient (Wildman–Crippen LogP) is 6.24. The van der Waals surface area contributed by atoms with Gasteiger partial charge in [-0.15, -0.1) is 0 Å². The molecule has 1 saturated heterocycles. The van der Waals surface area contributed by atoms with E-state index >= 15 is 0 Å². The van der Waals surface area contributed by atoms with E-state index in [0.717, 1.165) is 60.9 Å². The highest BCUT2D eigenvalue weighted by molar-refractivity contribution is 6.31. The fourth-order valence-corrected chi connectivity index (χ4v) is 6.73. The molecule has 13 heteroatoms. The van der Waals surface area contributed by atoms with Crippen LogP contribution in [0.25, 0.3) is 5.69 Å². The Kier molecular flexibility index (Phi) is 11.0. The van der Waals surface area contributed by atoms with Gasteiger partial charge in [-0.3, -0.25) is 0 Å². The molecule has 0 saturated carbocycles. The summed E-state index contributed by atoms with van der Waals surface area (Å²) in [7, 11) is 0. The number of nitrogens with zero attached hydrogens (tertiary/aromatic N) is 8. The van der Waals surface area contributed by atoms with Crippen LogP contribution in [0.3, 0.4) is 0 Å². The van der Waals surface area contributed by atoms with Gasteiger partial charge >= 0.3 is 5.69 Å². The molecule has 3 heterocycles. The Hall–Kier alpha value is -4.81. The van der Waals surface area contributed by atoms with Gasteiger partial charge < -0.3 is 24.4 Å². The van der Waals surface area contributed by atoms with Gasteiger partial charge in [-0.2, -0.15) is 20.1 Å². The number of halogens is 1. The molecule has 3 unspecified atom stereocenters. The first-order valence-electron chi connectivity index (χ1n) is 17.5. The van der Waals surface area contributed by atoms with Gasteiger partial charge in [0, 0.05) is 49.0 Å². The molecule has 0 radical (unpaired) electrons. The normalized spacial score (nSPS) is 15.8. The van der Waals surface area contributed by atoms with E-state index in [2.05, 4.69) is 76.2 Å². The minimum atomic E-state index is -0.831. The Labute approximate surface area is 303 Å². The lowest BCUT2D eigenvalue weighted by Crippen LogP contribution is -2.46. The summed E-state index contributed by atoms with van der Waals surface area (Å²) in [6.07, 6.45) is 5.70. The summed E-state index contributed by atoms with van der Waals surface area (Å²) < 4.78 is 15.9. The summed E-state index contributed by atoms with van der Waals surface area (Å²) in [5.41, 5.74) is 4.02. The van der Waals surface area contributed by atoms with Crippen LogP contribution < -0.4 is 20.2 Å². The molecular weight excluding hydrogens is 668 g/mol. The lowest BCUT2D eigenvalue weighted by atomic mass is 9.95. The minimum Gasteiger partial charge on any atom is -0.508 e. The summed E-state index contributed by atoms with van der Waals surface area (Å²) in [5, 5.41) is 23.1. The standard InChI is InChI=1S/C38H47ClN8O4/c1-6-29(4)47-37(49)45(26-42-47)31-9-7-30(8-10-31)43-17-19-44(20-18-43)32-11-14-36(28(3)21-32)50-23-27(2)24-51-38(5,25-46-40-15-16-41-46)34-13-12-33(48)22-35(34)39/h7-16,21-22,26-27,29,48H,6,17-20,23-25H2,1-5H3. The molecule has 6 rings (SSSR count). The van der Waals surface area contributed by atoms with Crippen LogP contribution in [0.4, 0.5) is 11.4 Å². The van der Waals surface area contributed by atoms with Gasteiger partial charge in [-0.05, 0) is 87.4 Å². The largest absolute Gasteiger partial charge is 0.508 e. The van der Waals surface area contributed by atoms with Crippen molar-refractivity contribution in [1.82, 2.24) is 29.3 Å². The molecule has 3 atom stereocenters. The second kappa shape index (κ2) is 15.6. The van der Waals surface area contributed by atoms with E-state index in [1.165, 1.54) is 11.8 Å². The van der Waals surface area contributed by atoms with Crippen LogP contribution in [0.5, 0.6) is 11.5 Å². The molecule has 0 aliphatic carbocycles. The van der Waals surface area contributed by atoms with Crippen LogP contribution >= 0.6 is 11.6 Å². The van der Waals surface area contributed by atoms with E-state index in [4.69, 9.17) is 21.1 Å². The number of piperazine rings is 1. The summed E-state index contributed by atoms with van der Waals surface area (Å²) in [6.45, 7) is 15.0. The molecule has 1 fully saturated rings. The van der Waals surface area contributed by atoms with Crippen molar-refractivity contribution in [3.63, 3.8) is 0 Å². The third-order valence-electron chi connectivity index (χ3n) is 9.64. The molecule has 0 bridgehead atoms. The molecular formula is C38H47ClN8O4. The predicted molar refractivity (Wildman–Crippen MR) is 200 cm³/mol. The number of anilines is 2. The molecule has 2 aromatic heterocycles. The zero-order chi connectivity index (χ0) is 36.1. The lowest BCUT2D eigenvalue weighted by Gasteiger charge is -2.37. The van der Waals surface area contributed by atoms with Gasteiger partial charge in [0.05, 0.1) is 48.9 Å². The minimum absolute atomic E-state index is 0.0650. The summed E-state index contributed by atoms with van der Waals surface area (Å²) in [6, 6.07) is 19.5. The van der Waals surface area contributed by atoms with Crippen LogP contribution in [0.2, 0.25) is 5.02 Å². The van der Waals surface area contributed by atoms with Gasteiger partial charge in [0.2, 0.25) is 0 Å². The maximum absolute atomic E-state index is 12.8. The fourth-order valence-electron chi connectivity index (χ4n) is 6.35. The Morgan fingerprint density at radius 1 is 0.882 bits per heavy atom. The maximum Gasteiger partial charge on any atom is 0.350 e. The van der Waals surface area contributed by atoms with Crippen LogP contribution in [0.1, 0.15) is 51.3 Å². The molecule has 5 aromatic rings. The smallest absolute Gasteiger partial charge is 0.350 e. The number of phenolic OH excluding ortho intramolecular Hbond substituents is 1. The van der Waals surface area contributed by atoms with E-state index in [9.17, 15) is 9.90 Å². The molecule has 1 aliphatic heterocycles. The number of benzene rings is 3. The second-order valence-electron chi connectivity index (χ2n) is 13.6. The Bertz CT molecular complexity index is 1950. The number of hydrogen-bond donors (Lipinski definition) is 1. The van der Waals surface area contributed by atoms with E-state index < -0.39 is 5.60 Å². The average Bonchev–Trinajstić information content (AvgIpc) is 3.79. The highest BCUT2D eigenvalue weighted by Crippen LogP contribution is 2.35. The summed E-state index contributed by atoms with van der Waals surface area (Å²) in [5.74, 6) is 1.02. The molecule has 12 nitrogen and oxygen atoms in total. The van der Waals surface area contributed by atoms with Crippen molar-refractivity contribution in [2.75, 3.05) is 49.2 Å². The van der Waals surface area contributed by atoms with E-state index in [1.54, 1.807) is 44.9 Å². The number of phenols is 1. The van der Waals surface area contributed by atoms with Crippen molar-refractivity contribution in [2.45, 2.75) is 59.2 Å². The quantitative estimate of drug-likeness (QED) is 0.143. The van der Waals surface area contributed by atoms with Crippen LogP contribution in [-0.4, -0.2) is 73.8 Å². The molecule has 270 valence electrons. The van der Waals surface area contributed by atoms with Crippen molar-refractivity contribution in [2.24, 2.45) is 5.92 Å². The van der Waals surface area contributed by atoms with Gasteiger partial charge in [0.1, 0.15) is 23.4 Å². The summed E-state index contributed by atoms with van der Waals surface area (Å²) >= 11 is 6.54. The monoisotopic (exact) mass is 714 g/mol. The van der Waals surface area contributed by atoms with Crippen molar-refractivity contribution in [1.29, 1.82) is 0 Å². The van der Waals surface area contributed by atoms with Gasteiger partial charge in [-0.1, -0.05) is 31.5 Å². The molecule has 0 amide bonds. The number of aromatic hydroxyl groups is 1. The summed E-state index contributed by atoms with van der Waals surface area (Å²) in [4.78, 5) is 19.2. The average molecular weight is 715 g/mol. The second-order valence-corrected chi connectivity index (χ2v) is 14.0. The third kappa shape index (κ3) is 8.23. The third-order valence-corrected chi connectivity index (χ3v) is 9.95. The first-order chi connectivity index (χ1) is 24.5. The number of hydrogen-bond acceptors (Lipinski definition) is 9. The first-order valence-corrected chi connectivity index (χ1v) is 17.9. The first kappa shape index (κ1) is 36.0.